The van der Waals surface area contributed by atoms with Crippen LogP contribution in [0.2, 0.25) is 0 Å². The summed E-state index contributed by atoms with van der Waals surface area (Å²) in [6.45, 7) is 1.86. The van der Waals surface area contributed by atoms with Crippen LogP contribution in [0.1, 0.15) is 11.1 Å². The molecular weight excluding hydrogens is 327 g/mol. The number of halogens is 1. The third-order valence-corrected chi connectivity index (χ3v) is 4.39. The predicted octanol–water partition coefficient (Wildman–Crippen LogP) is 2.02. The number of aryl methyl sites for hydroxylation is 1. The zero-order chi connectivity index (χ0) is 11.6. The molecule has 3 nitrogen and oxygen atoms in total. The smallest absolute Gasteiger partial charge is 0.282 e. The van der Waals surface area contributed by atoms with Crippen LogP contribution in [0.5, 0.6) is 0 Å². The van der Waals surface area contributed by atoms with Gasteiger partial charge in [-0.25, -0.2) is 0 Å². The first-order valence-corrected chi connectivity index (χ1v) is 6.58. The molecule has 0 spiro atoms. The zero-order valence-electron chi connectivity index (χ0n) is 7.99. The third-order valence-electron chi connectivity index (χ3n) is 1.95. The van der Waals surface area contributed by atoms with Crippen molar-refractivity contribution in [2.75, 3.05) is 0 Å². The molecule has 15 heavy (non-hydrogen) atoms. The second-order valence-electron chi connectivity index (χ2n) is 3.03. The molecule has 0 bridgehead atoms. The van der Waals surface area contributed by atoms with Crippen LogP contribution in [0, 0.1) is 22.8 Å². The largest absolute Gasteiger partial charge is 0.294 e. The summed E-state index contributed by atoms with van der Waals surface area (Å²) < 4.78 is 31.9. The Bertz CT molecular complexity index is 526. The summed E-state index contributed by atoms with van der Waals surface area (Å²) in [5.41, 5.74) is 1.42. The fourth-order valence-electron chi connectivity index (χ4n) is 1.23. The van der Waals surface area contributed by atoms with Crippen LogP contribution in [0.25, 0.3) is 0 Å². The van der Waals surface area contributed by atoms with Gasteiger partial charge in [-0.2, -0.15) is 8.42 Å². The first-order valence-electron chi connectivity index (χ1n) is 4.07. The maximum absolute atomic E-state index is 11.1. The van der Waals surface area contributed by atoms with E-state index in [1.165, 1.54) is 6.07 Å². The highest BCUT2D eigenvalue weighted by Gasteiger charge is 2.17. The van der Waals surface area contributed by atoms with Crippen LogP contribution < -0.4 is 0 Å². The lowest BCUT2D eigenvalue weighted by atomic mass is 10.1. The van der Waals surface area contributed by atoms with E-state index < -0.39 is 10.1 Å². The van der Waals surface area contributed by atoms with E-state index in [-0.39, 0.29) is 11.3 Å². The van der Waals surface area contributed by atoms with E-state index in [1.807, 2.05) is 29.5 Å². The van der Waals surface area contributed by atoms with E-state index >= 15 is 0 Å². The molecule has 1 N–H and O–H groups in total. The summed E-state index contributed by atoms with van der Waals surface area (Å²) in [4.78, 5) is -0.101. The lowest BCUT2D eigenvalue weighted by molar-refractivity contribution is 0.482. The average molecular weight is 336 g/mol. The number of hydrogen-bond acceptors (Lipinski definition) is 2. The van der Waals surface area contributed by atoms with Crippen molar-refractivity contribution >= 4 is 32.7 Å². The van der Waals surface area contributed by atoms with Gasteiger partial charge in [0.25, 0.3) is 10.1 Å². The first kappa shape index (κ1) is 12.5. The zero-order valence-corrected chi connectivity index (χ0v) is 11.0. The molecule has 0 fully saturated rings. The Morgan fingerprint density at radius 1 is 1.53 bits per heavy atom. The lowest BCUT2D eigenvalue weighted by Crippen LogP contribution is -2.05. The number of terminal acetylenes is 1. The first-order chi connectivity index (χ1) is 6.88. The summed E-state index contributed by atoms with van der Waals surface area (Å²) >= 11 is 2.02. The van der Waals surface area contributed by atoms with Crippen LogP contribution in [0.3, 0.4) is 0 Å². The minimum absolute atomic E-state index is 0.101. The van der Waals surface area contributed by atoms with Gasteiger partial charge in [0, 0.05) is 9.99 Å². The van der Waals surface area contributed by atoms with Crippen molar-refractivity contribution in [2.45, 2.75) is 18.2 Å². The van der Waals surface area contributed by atoms with Crippen molar-refractivity contribution in [1.82, 2.24) is 0 Å². The number of hydrogen-bond donors (Lipinski definition) is 1. The Morgan fingerprint density at radius 3 is 2.60 bits per heavy atom. The fraction of sp³-hybridized carbons (Fsp3) is 0.200. The lowest BCUT2D eigenvalue weighted by Gasteiger charge is -2.09. The van der Waals surface area contributed by atoms with Crippen molar-refractivity contribution in [3.63, 3.8) is 0 Å². The Balaban J connectivity index is 3.56. The molecule has 0 aliphatic carbocycles. The Labute approximate surface area is 103 Å². The Kier molecular flexibility index (Phi) is 3.76. The monoisotopic (exact) mass is 336 g/mol. The normalized spacial score (nSPS) is 11.1. The van der Waals surface area contributed by atoms with Crippen LogP contribution in [-0.4, -0.2) is 13.0 Å². The molecule has 0 radical (unpaired) electrons. The summed E-state index contributed by atoms with van der Waals surface area (Å²) in [7, 11) is -4.20. The minimum atomic E-state index is -4.20. The molecule has 0 saturated carbocycles. The molecule has 80 valence electrons. The van der Waals surface area contributed by atoms with Crippen molar-refractivity contribution in [3.8, 4) is 12.3 Å². The number of rotatable bonds is 2. The van der Waals surface area contributed by atoms with E-state index in [2.05, 4.69) is 5.92 Å². The van der Waals surface area contributed by atoms with E-state index in [0.717, 1.165) is 9.13 Å². The van der Waals surface area contributed by atoms with Crippen molar-refractivity contribution in [3.05, 3.63) is 26.8 Å². The highest BCUT2D eigenvalue weighted by Crippen LogP contribution is 2.24. The highest BCUT2D eigenvalue weighted by atomic mass is 127. The molecule has 0 saturated heterocycles. The molecule has 0 unspecified atom stereocenters. The van der Waals surface area contributed by atoms with Gasteiger partial charge in [0.1, 0.15) is 0 Å². The van der Waals surface area contributed by atoms with Gasteiger partial charge in [-0.05, 0) is 46.7 Å². The summed E-state index contributed by atoms with van der Waals surface area (Å²) in [5, 5.41) is 0. The topological polar surface area (TPSA) is 54.4 Å². The molecule has 0 heterocycles. The van der Waals surface area contributed by atoms with E-state index in [9.17, 15) is 8.42 Å². The molecule has 1 aromatic rings. The fourth-order valence-corrected chi connectivity index (χ4v) is 2.80. The molecule has 0 aromatic heterocycles. The highest BCUT2D eigenvalue weighted by molar-refractivity contribution is 14.1. The molecule has 1 rings (SSSR count). The second kappa shape index (κ2) is 4.51. The van der Waals surface area contributed by atoms with E-state index in [4.69, 9.17) is 11.0 Å². The predicted molar refractivity (Wildman–Crippen MR) is 66.2 cm³/mol. The van der Waals surface area contributed by atoms with Crippen LogP contribution in [-0.2, 0) is 16.5 Å². The van der Waals surface area contributed by atoms with Crippen molar-refractivity contribution in [1.29, 1.82) is 0 Å². The van der Waals surface area contributed by atoms with Crippen LogP contribution in [0.4, 0.5) is 0 Å². The second-order valence-corrected chi connectivity index (χ2v) is 5.50. The van der Waals surface area contributed by atoms with Crippen LogP contribution >= 0.6 is 22.6 Å². The van der Waals surface area contributed by atoms with Gasteiger partial charge >= 0.3 is 0 Å². The van der Waals surface area contributed by atoms with Crippen molar-refractivity contribution in [2.24, 2.45) is 0 Å². The van der Waals surface area contributed by atoms with Gasteiger partial charge < -0.3 is 0 Å². The SMILES string of the molecule is C#CCc1c(S(=O)(=O)O)ccc(C)c1I. The summed E-state index contributed by atoms with van der Waals surface area (Å²) in [6, 6.07) is 3.02. The van der Waals surface area contributed by atoms with Crippen molar-refractivity contribution < 1.29 is 13.0 Å². The number of benzene rings is 1. The van der Waals surface area contributed by atoms with Gasteiger partial charge in [0.15, 0.2) is 0 Å². The average Bonchev–Trinajstić information content (AvgIpc) is 2.11. The summed E-state index contributed by atoms with van der Waals surface area (Å²) in [5.74, 6) is 2.38. The van der Waals surface area contributed by atoms with E-state index in [0.29, 0.717) is 5.56 Å². The van der Waals surface area contributed by atoms with E-state index in [1.54, 1.807) is 6.07 Å². The molecule has 0 aliphatic heterocycles. The van der Waals surface area contributed by atoms with Gasteiger partial charge in [0.05, 0.1) is 4.90 Å². The third kappa shape index (κ3) is 2.71. The quantitative estimate of drug-likeness (QED) is 0.511. The Morgan fingerprint density at radius 2 is 2.13 bits per heavy atom. The molecule has 0 aliphatic rings. The maximum atomic E-state index is 11.1. The minimum Gasteiger partial charge on any atom is -0.282 e. The standard InChI is InChI=1S/C10H9IO3S/c1-3-4-8-9(15(12,13)14)6-5-7(2)10(8)11/h1,5-6H,4H2,2H3,(H,12,13,14). The molecular formula is C10H9IO3S. The van der Waals surface area contributed by atoms with Gasteiger partial charge in [-0.15, -0.1) is 12.3 Å². The molecule has 0 amide bonds. The Hall–Kier alpha value is -0.580. The molecule has 0 atom stereocenters. The summed E-state index contributed by atoms with van der Waals surface area (Å²) in [6.07, 6.45) is 5.35. The molecule has 1 aromatic carbocycles. The van der Waals surface area contributed by atoms with Gasteiger partial charge in [-0.1, -0.05) is 6.07 Å². The molecule has 5 heteroatoms. The van der Waals surface area contributed by atoms with Gasteiger partial charge in [0.2, 0.25) is 0 Å². The van der Waals surface area contributed by atoms with Gasteiger partial charge in [-0.3, -0.25) is 4.55 Å². The van der Waals surface area contributed by atoms with Crippen LogP contribution in [0.15, 0.2) is 17.0 Å². The maximum Gasteiger partial charge on any atom is 0.294 e.